The number of carbonyl (C=O) groups is 1. The Bertz CT molecular complexity index is 268. The third-order valence-corrected chi connectivity index (χ3v) is 3.04. The average Bonchev–Trinajstić information content (AvgIpc) is 2.19. The summed E-state index contributed by atoms with van der Waals surface area (Å²) in [7, 11) is 0. The van der Waals surface area contributed by atoms with Gasteiger partial charge in [-0.3, -0.25) is 4.79 Å². The number of alkyl halides is 3. The molecular weight excluding hydrogens is 233 g/mol. The lowest BCUT2D eigenvalue weighted by Gasteiger charge is -2.37. The zero-order valence-corrected chi connectivity index (χ0v) is 10.2. The lowest BCUT2D eigenvalue weighted by molar-refractivity contribution is -0.137. The van der Waals surface area contributed by atoms with Crippen molar-refractivity contribution in [3.8, 4) is 0 Å². The molecule has 0 aromatic heterocycles. The van der Waals surface area contributed by atoms with Crippen molar-refractivity contribution in [3.05, 3.63) is 0 Å². The van der Waals surface area contributed by atoms with Crippen LogP contribution in [0, 0.1) is 5.92 Å². The fourth-order valence-electron chi connectivity index (χ4n) is 2.05. The highest BCUT2D eigenvalue weighted by Crippen LogP contribution is 2.21. The molecule has 17 heavy (non-hydrogen) atoms. The van der Waals surface area contributed by atoms with Gasteiger partial charge in [-0.05, 0) is 25.7 Å². The fourth-order valence-corrected chi connectivity index (χ4v) is 2.05. The molecule has 1 aliphatic rings. The van der Waals surface area contributed by atoms with E-state index in [1.165, 1.54) is 0 Å². The lowest BCUT2D eigenvalue weighted by atomic mass is 9.95. The molecule has 0 radical (unpaired) electrons. The standard InChI is InChI=1S/C11H19F3N2O/c1-8-3-4-9(2)16(6-8)10(17)5-15-7-11(12,13)14/h8-9,15H,3-7H2,1-2H3. The molecule has 0 bridgehead atoms. The van der Waals surface area contributed by atoms with Gasteiger partial charge in [-0.2, -0.15) is 13.2 Å². The zero-order valence-electron chi connectivity index (χ0n) is 10.2. The molecule has 1 amide bonds. The van der Waals surface area contributed by atoms with E-state index in [1.807, 2.05) is 6.92 Å². The zero-order chi connectivity index (χ0) is 13.1. The van der Waals surface area contributed by atoms with Crippen LogP contribution in [0.1, 0.15) is 26.7 Å². The van der Waals surface area contributed by atoms with Gasteiger partial charge in [0.25, 0.3) is 0 Å². The van der Waals surface area contributed by atoms with Crippen molar-refractivity contribution in [3.63, 3.8) is 0 Å². The number of hydrogen-bond donors (Lipinski definition) is 1. The Labute approximate surface area is 99.4 Å². The SMILES string of the molecule is CC1CCC(C)N(C(=O)CNCC(F)(F)F)C1. The van der Waals surface area contributed by atoms with Gasteiger partial charge >= 0.3 is 6.18 Å². The van der Waals surface area contributed by atoms with E-state index in [1.54, 1.807) is 4.90 Å². The monoisotopic (exact) mass is 252 g/mol. The van der Waals surface area contributed by atoms with Crippen LogP contribution in [0.2, 0.25) is 0 Å². The summed E-state index contributed by atoms with van der Waals surface area (Å²) in [4.78, 5) is 13.4. The van der Waals surface area contributed by atoms with Crippen molar-refractivity contribution >= 4 is 5.91 Å². The van der Waals surface area contributed by atoms with Crippen LogP contribution < -0.4 is 5.32 Å². The summed E-state index contributed by atoms with van der Waals surface area (Å²) in [5, 5.41) is 2.14. The Morgan fingerprint density at radius 2 is 2.00 bits per heavy atom. The maximum atomic E-state index is 11.9. The normalized spacial score (nSPS) is 26.1. The van der Waals surface area contributed by atoms with Crippen LogP contribution in [0.25, 0.3) is 0 Å². The van der Waals surface area contributed by atoms with Crippen LogP contribution in [0.4, 0.5) is 13.2 Å². The highest BCUT2D eigenvalue weighted by molar-refractivity contribution is 5.78. The number of piperidine rings is 1. The average molecular weight is 252 g/mol. The van der Waals surface area contributed by atoms with Gasteiger partial charge in [0.2, 0.25) is 5.91 Å². The first kappa shape index (κ1) is 14.3. The minimum Gasteiger partial charge on any atom is -0.339 e. The van der Waals surface area contributed by atoms with Crippen molar-refractivity contribution in [1.29, 1.82) is 0 Å². The Morgan fingerprint density at radius 1 is 1.35 bits per heavy atom. The molecule has 0 aromatic carbocycles. The largest absolute Gasteiger partial charge is 0.401 e. The molecule has 0 spiro atoms. The summed E-state index contributed by atoms with van der Waals surface area (Å²) >= 11 is 0. The van der Waals surface area contributed by atoms with E-state index >= 15 is 0 Å². The molecule has 0 aliphatic carbocycles. The Morgan fingerprint density at radius 3 is 2.59 bits per heavy atom. The molecule has 6 heteroatoms. The van der Waals surface area contributed by atoms with Crippen molar-refractivity contribution in [2.24, 2.45) is 5.92 Å². The minimum absolute atomic E-state index is 0.131. The van der Waals surface area contributed by atoms with Gasteiger partial charge in [-0.15, -0.1) is 0 Å². The van der Waals surface area contributed by atoms with Gasteiger partial charge in [0.05, 0.1) is 13.1 Å². The van der Waals surface area contributed by atoms with Crippen molar-refractivity contribution in [2.75, 3.05) is 19.6 Å². The summed E-state index contributed by atoms with van der Waals surface area (Å²) in [6, 6.07) is 0.131. The number of rotatable bonds is 3. The topological polar surface area (TPSA) is 32.3 Å². The highest BCUT2D eigenvalue weighted by Gasteiger charge is 2.29. The van der Waals surface area contributed by atoms with E-state index in [0.717, 1.165) is 12.8 Å². The molecule has 2 unspecified atom stereocenters. The van der Waals surface area contributed by atoms with Gasteiger partial charge in [0, 0.05) is 12.6 Å². The quantitative estimate of drug-likeness (QED) is 0.830. The molecule has 100 valence electrons. The van der Waals surface area contributed by atoms with Crippen LogP contribution in [0.15, 0.2) is 0 Å². The number of halogens is 3. The molecule has 1 saturated heterocycles. The van der Waals surface area contributed by atoms with Crippen molar-refractivity contribution in [2.45, 2.75) is 38.9 Å². The van der Waals surface area contributed by atoms with Crippen molar-refractivity contribution in [1.82, 2.24) is 10.2 Å². The Hall–Kier alpha value is -0.780. The van der Waals surface area contributed by atoms with Crippen LogP contribution in [-0.4, -0.2) is 42.7 Å². The van der Waals surface area contributed by atoms with E-state index in [9.17, 15) is 18.0 Å². The molecule has 1 rings (SSSR count). The summed E-state index contributed by atoms with van der Waals surface area (Å²) < 4.78 is 35.7. The van der Waals surface area contributed by atoms with Gasteiger partial charge in [-0.1, -0.05) is 6.92 Å². The van der Waals surface area contributed by atoms with Gasteiger partial charge in [0.15, 0.2) is 0 Å². The molecule has 1 fully saturated rings. The second-order valence-electron chi connectivity index (χ2n) is 4.80. The second-order valence-corrected chi connectivity index (χ2v) is 4.80. The molecule has 1 heterocycles. The Kier molecular flexibility index (Phi) is 4.80. The predicted octanol–water partition coefficient (Wildman–Crippen LogP) is 1.79. The molecule has 0 saturated carbocycles. The van der Waals surface area contributed by atoms with Crippen LogP contribution in [0.3, 0.4) is 0 Å². The smallest absolute Gasteiger partial charge is 0.339 e. The van der Waals surface area contributed by atoms with E-state index in [4.69, 9.17) is 0 Å². The van der Waals surface area contributed by atoms with Gasteiger partial charge in [0.1, 0.15) is 0 Å². The molecule has 0 aromatic rings. The van der Waals surface area contributed by atoms with Crippen LogP contribution in [-0.2, 0) is 4.79 Å². The van der Waals surface area contributed by atoms with E-state index in [0.29, 0.717) is 12.5 Å². The summed E-state index contributed by atoms with van der Waals surface area (Å²) in [6.45, 7) is 3.28. The summed E-state index contributed by atoms with van der Waals surface area (Å²) in [5.74, 6) is 0.186. The molecule has 2 atom stereocenters. The lowest BCUT2D eigenvalue weighted by Crippen LogP contribution is -2.49. The second kappa shape index (κ2) is 5.71. The van der Waals surface area contributed by atoms with Crippen LogP contribution >= 0.6 is 0 Å². The number of hydrogen-bond acceptors (Lipinski definition) is 2. The predicted molar refractivity (Wildman–Crippen MR) is 58.5 cm³/mol. The summed E-state index contributed by atoms with van der Waals surface area (Å²) in [5.41, 5.74) is 0. The molecule has 1 N–H and O–H groups in total. The number of likely N-dealkylation sites (tertiary alicyclic amines) is 1. The summed E-state index contributed by atoms with van der Waals surface area (Å²) in [6.07, 6.45) is -2.27. The molecule has 3 nitrogen and oxygen atoms in total. The maximum Gasteiger partial charge on any atom is 0.401 e. The molecular formula is C11H19F3N2O. The first-order chi connectivity index (χ1) is 7.79. The first-order valence-corrected chi connectivity index (χ1v) is 5.86. The fraction of sp³-hybridized carbons (Fsp3) is 0.909. The van der Waals surface area contributed by atoms with Crippen LogP contribution in [0.5, 0.6) is 0 Å². The van der Waals surface area contributed by atoms with E-state index < -0.39 is 12.7 Å². The first-order valence-electron chi connectivity index (χ1n) is 5.86. The van der Waals surface area contributed by atoms with Crippen molar-refractivity contribution < 1.29 is 18.0 Å². The van der Waals surface area contributed by atoms with Gasteiger partial charge < -0.3 is 10.2 Å². The van der Waals surface area contributed by atoms with E-state index in [-0.39, 0.29) is 18.5 Å². The molecule has 1 aliphatic heterocycles. The highest BCUT2D eigenvalue weighted by atomic mass is 19.4. The van der Waals surface area contributed by atoms with Gasteiger partial charge in [-0.25, -0.2) is 0 Å². The number of nitrogens with one attached hydrogen (secondary N) is 1. The Balaban J connectivity index is 2.36. The maximum absolute atomic E-state index is 11.9. The number of amides is 1. The number of carbonyl (C=O) groups excluding carboxylic acids is 1. The minimum atomic E-state index is -4.26. The van der Waals surface area contributed by atoms with E-state index in [2.05, 4.69) is 12.2 Å². The number of nitrogens with zero attached hydrogens (tertiary/aromatic N) is 1. The third kappa shape index (κ3) is 4.93. The third-order valence-electron chi connectivity index (χ3n) is 3.04.